The number of anilines is 1. The van der Waals surface area contributed by atoms with Crippen molar-refractivity contribution >= 4 is 23.4 Å². The topological polar surface area (TPSA) is 29.3 Å². The summed E-state index contributed by atoms with van der Waals surface area (Å²) in [6.07, 6.45) is 3.08. The summed E-state index contributed by atoms with van der Waals surface area (Å²) < 4.78 is 0. The molecule has 0 aromatic heterocycles. The second-order valence-corrected chi connectivity index (χ2v) is 5.72. The highest BCUT2D eigenvalue weighted by molar-refractivity contribution is 6.31. The van der Waals surface area contributed by atoms with Crippen molar-refractivity contribution in [3.8, 4) is 0 Å². The van der Waals surface area contributed by atoms with Gasteiger partial charge in [0.15, 0.2) is 0 Å². The largest absolute Gasteiger partial charge is 0.339 e. The number of nitrogens with zero attached hydrogens (tertiary/aromatic N) is 1. The van der Waals surface area contributed by atoms with Gasteiger partial charge in [0.1, 0.15) is 0 Å². The third-order valence-corrected chi connectivity index (χ3v) is 4.33. The number of para-hydroxylation sites is 1. The van der Waals surface area contributed by atoms with Crippen LogP contribution < -0.4 is 10.6 Å². The van der Waals surface area contributed by atoms with Crippen LogP contribution in [0.2, 0.25) is 5.02 Å². The average Bonchev–Trinajstić information content (AvgIpc) is 2.54. The number of benzene rings is 2. The van der Waals surface area contributed by atoms with Gasteiger partial charge in [-0.05, 0) is 41.8 Å². The van der Waals surface area contributed by atoms with Crippen LogP contribution in [0.1, 0.15) is 24.5 Å². The molecule has 2 aromatic carbocycles. The summed E-state index contributed by atoms with van der Waals surface area (Å²) in [5, 5.41) is 0.814. The molecule has 1 atom stereocenters. The van der Waals surface area contributed by atoms with Crippen LogP contribution in [0.5, 0.6) is 0 Å². The summed E-state index contributed by atoms with van der Waals surface area (Å²) in [7, 11) is 0. The van der Waals surface area contributed by atoms with Crippen LogP contribution in [0.3, 0.4) is 0 Å². The van der Waals surface area contributed by atoms with E-state index in [4.69, 9.17) is 17.3 Å². The summed E-state index contributed by atoms with van der Waals surface area (Å²) in [4.78, 5) is 2.27. The Hall–Kier alpha value is -1.77. The fourth-order valence-electron chi connectivity index (χ4n) is 2.73. The van der Waals surface area contributed by atoms with Crippen molar-refractivity contribution < 1.29 is 0 Å². The van der Waals surface area contributed by atoms with Gasteiger partial charge in [-0.25, -0.2) is 0 Å². The zero-order valence-electron chi connectivity index (χ0n) is 12.1. The van der Waals surface area contributed by atoms with Crippen molar-refractivity contribution in [1.82, 2.24) is 0 Å². The van der Waals surface area contributed by atoms with E-state index in [1.165, 1.54) is 5.56 Å². The standard InChI is InChI=1S/C18H19ClN2/c1-2-17(20)18-11-13-7-6-10-16(19)15(13)12-21(18)14-8-4-3-5-9-14/h3-11,17H,2,12,20H2,1H3. The summed E-state index contributed by atoms with van der Waals surface area (Å²) in [6.45, 7) is 2.88. The number of nitrogens with two attached hydrogens (primary N) is 1. The normalized spacial score (nSPS) is 15.4. The highest BCUT2D eigenvalue weighted by Gasteiger charge is 2.24. The van der Waals surface area contributed by atoms with E-state index in [-0.39, 0.29) is 6.04 Å². The van der Waals surface area contributed by atoms with Crippen molar-refractivity contribution in [2.24, 2.45) is 5.73 Å². The van der Waals surface area contributed by atoms with Crippen molar-refractivity contribution in [2.45, 2.75) is 25.9 Å². The van der Waals surface area contributed by atoms with E-state index in [2.05, 4.69) is 36.1 Å². The Morgan fingerprint density at radius 3 is 2.62 bits per heavy atom. The van der Waals surface area contributed by atoms with Crippen LogP contribution >= 0.6 is 11.6 Å². The summed E-state index contributed by atoms with van der Waals surface area (Å²) in [5.41, 5.74) is 11.0. The molecule has 1 unspecified atom stereocenters. The van der Waals surface area contributed by atoms with Gasteiger partial charge >= 0.3 is 0 Å². The number of halogens is 1. The van der Waals surface area contributed by atoms with Crippen LogP contribution in [0.4, 0.5) is 5.69 Å². The second-order valence-electron chi connectivity index (χ2n) is 5.31. The quantitative estimate of drug-likeness (QED) is 0.908. The minimum Gasteiger partial charge on any atom is -0.339 e. The first kappa shape index (κ1) is 14.2. The van der Waals surface area contributed by atoms with Gasteiger partial charge in [-0.1, -0.05) is 48.9 Å². The van der Waals surface area contributed by atoms with E-state index in [0.29, 0.717) is 0 Å². The molecule has 1 aliphatic rings. The van der Waals surface area contributed by atoms with Crippen LogP contribution in [0, 0.1) is 0 Å². The van der Waals surface area contributed by atoms with Crippen molar-refractivity contribution in [1.29, 1.82) is 0 Å². The maximum Gasteiger partial charge on any atom is 0.0500 e. The van der Waals surface area contributed by atoms with Gasteiger partial charge in [0.25, 0.3) is 0 Å². The molecule has 0 radical (unpaired) electrons. The molecule has 0 bridgehead atoms. The molecule has 0 saturated heterocycles. The summed E-state index contributed by atoms with van der Waals surface area (Å²) in [6, 6.07) is 16.4. The molecule has 0 saturated carbocycles. The summed E-state index contributed by atoms with van der Waals surface area (Å²) in [5.74, 6) is 0. The molecule has 108 valence electrons. The molecular weight excluding hydrogens is 280 g/mol. The molecule has 0 amide bonds. The first-order valence-electron chi connectivity index (χ1n) is 7.28. The SMILES string of the molecule is CCC(N)C1=Cc2cccc(Cl)c2CN1c1ccccc1. The lowest BCUT2D eigenvalue weighted by atomic mass is 9.97. The van der Waals surface area contributed by atoms with E-state index >= 15 is 0 Å². The third kappa shape index (κ3) is 2.69. The molecule has 2 aromatic rings. The number of hydrogen-bond acceptors (Lipinski definition) is 2. The Balaban J connectivity index is 2.10. The molecule has 1 aliphatic heterocycles. The summed E-state index contributed by atoms with van der Waals surface area (Å²) >= 11 is 6.37. The monoisotopic (exact) mass is 298 g/mol. The Labute approximate surface area is 130 Å². The predicted octanol–water partition coefficient (Wildman–Crippen LogP) is 4.44. The highest BCUT2D eigenvalue weighted by Crippen LogP contribution is 2.34. The highest BCUT2D eigenvalue weighted by atomic mass is 35.5. The molecule has 1 heterocycles. The van der Waals surface area contributed by atoms with Crippen LogP contribution in [0.25, 0.3) is 6.08 Å². The van der Waals surface area contributed by atoms with Crippen LogP contribution in [-0.2, 0) is 6.54 Å². The number of rotatable bonds is 3. The van der Waals surface area contributed by atoms with E-state index in [1.54, 1.807) is 0 Å². The van der Waals surface area contributed by atoms with Gasteiger partial charge in [0, 0.05) is 29.0 Å². The number of hydrogen-bond donors (Lipinski definition) is 1. The molecule has 2 nitrogen and oxygen atoms in total. The molecule has 3 heteroatoms. The molecule has 2 N–H and O–H groups in total. The predicted molar refractivity (Wildman–Crippen MR) is 90.3 cm³/mol. The number of fused-ring (bicyclic) bond motifs is 1. The zero-order chi connectivity index (χ0) is 14.8. The van der Waals surface area contributed by atoms with E-state index < -0.39 is 0 Å². The lowest BCUT2D eigenvalue weighted by Crippen LogP contribution is -2.36. The smallest absolute Gasteiger partial charge is 0.0500 e. The Kier molecular flexibility index (Phi) is 4.00. The van der Waals surface area contributed by atoms with Crippen molar-refractivity contribution in [2.75, 3.05) is 4.90 Å². The minimum atomic E-state index is 0.0253. The maximum absolute atomic E-state index is 6.37. The first-order valence-corrected chi connectivity index (χ1v) is 7.65. The van der Waals surface area contributed by atoms with E-state index in [9.17, 15) is 0 Å². The van der Waals surface area contributed by atoms with Gasteiger partial charge in [0.05, 0.1) is 0 Å². The fraction of sp³-hybridized carbons (Fsp3) is 0.222. The van der Waals surface area contributed by atoms with Crippen LogP contribution in [0.15, 0.2) is 54.2 Å². The van der Waals surface area contributed by atoms with Gasteiger partial charge < -0.3 is 10.6 Å². The Morgan fingerprint density at radius 2 is 1.90 bits per heavy atom. The Morgan fingerprint density at radius 1 is 1.14 bits per heavy atom. The molecule has 3 rings (SSSR count). The average molecular weight is 299 g/mol. The van der Waals surface area contributed by atoms with Crippen molar-refractivity contribution in [3.63, 3.8) is 0 Å². The van der Waals surface area contributed by atoms with Gasteiger partial charge in [-0.3, -0.25) is 0 Å². The molecular formula is C18H19ClN2. The minimum absolute atomic E-state index is 0.0253. The lowest BCUT2D eigenvalue weighted by Gasteiger charge is -2.35. The lowest BCUT2D eigenvalue weighted by molar-refractivity contribution is 0.693. The first-order chi connectivity index (χ1) is 10.2. The molecule has 21 heavy (non-hydrogen) atoms. The molecule has 0 aliphatic carbocycles. The van der Waals surface area contributed by atoms with Gasteiger partial charge in [-0.15, -0.1) is 0 Å². The molecule has 0 fully saturated rings. The van der Waals surface area contributed by atoms with E-state index in [1.807, 2.05) is 30.3 Å². The zero-order valence-corrected chi connectivity index (χ0v) is 12.8. The second kappa shape index (κ2) is 5.92. The van der Waals surface area contributed by atoms with Gasteiger partial charge in [-0.2, -0.15) is 0 Å². The maximum atomic E-state index is 6.37. The fourth-order valence-corrected chi connectivity index (χ4v) is 2.97. The van der Waals surface area contributed by atoms with Gasteiger partial charge in [0.2, 0.25) is 0 Å². The van der Waals surface area contributed by atoms with Crippen LogP contribution in [-0.4, -0.2) is 6.04 Å². The van der Waals surface area contributed by atoms with Crippen molar-refractivity contribution in [3.05, 3.63) is 70.4 Å². The Bertz CT molecular complexity index is 664. The molecule has 0 spiro atoms. The van der Waals surface area contributed by atoms with E-state index in [0.717, 1.165) is 34.9 Å². The third-order valence-electron chi connectivity index (χ3n) is 3.97.